The largest absolute Gasteiger partial charge is 0.497 e. The number of fused-ring (bicyclic) bond motifs is 1. The van der Waals surface area contributed by atoms with Crippen LogP contribution in [0.5, 0.6) is 17.2 Å². The smallest absolute Gasteiger partial charge is 0.247 e. The van der Waals surface area contributed by atoms with Crippen molar-refractivity contribution >= 4 is 11.6 Å². The van der Waals surface area contributed by atoms with Gasteiger partial charge in [-0.3, -0.25) is 4.79 Å². The quantitative estimate of drug-likeness (QED) is 0.872. The van der Waals surface area contributed by atoms with Crippen molar-refractivity contribution in [3.8, 4) is 17.2 Å². The number of nitrogens with zero attached hydrogens (tertiary/aromatic N) is 1. The molecule has 4 rings (SSSR count). The molecule has 0 aromatic heterocycles. The van der Waals surface area contributed by atoms with Crippen LogP contribution in [0.1, 0.15) is 11.6 Å². The van der Waals surface area contributed by atoms with Gasteiger partial charge in [0, 0.05) is 11.8 Å². The molecule has 2 unspecified atom stereocenters. The summed E-state index contributed by atoms with van der Waals surface area (Å²) < 4.78 is 16.3. The van der Waals surface area contributed by atoms with Crippen LogP contribution in [0.15, 0.2) is 42.5 Å². The third-order valence-corrected chi connectivity index (χ3v) is 4.40. The Labute approximate surface area is 139 Å². The normalized spacial score (nSPS) is 22.1. The van der Waals surface area contributed by atoms with Crippen molar-refractivity contribution < 1.29 is 19.0 Å². The maximum absolute atomic E-state index is 12.3. The van der Waals surface area contributed by atoms with E-state index in [2.05, 4.69) is 0 Å². The standard InChI is InChI=1S/C18H18N2O4/c1-22-13-5-2-11(3-6-13)17-16(19)18(21)20(17)12-4-7-14-15(10-12)24-9-8-23-14/h2-7,10,16-17H,8-9,19H2,1H3. The predicted molar refractivity (Wildman–Crippen MR) is 88.6 cm³/mol. The molecule has 2 aromatic rings. The van der Waals surface area contributed by atoms with E-state index in [1.165, 1.54) is 0 Å². The van der Waals surface area contributed by atoms with E-state index in [4.69, 9.17) is 19.9 Å². The molecule has 6 nitrogen and oxygen atoms in total. The molecule has 0 bridgehead atoms. The Kier molecular flexibility index (Phi) is 3.54. The number of β-lactam (4-membered cyclic amide) rings is 1. The van der Waals surface area contributed by atoms with E-state index in [9.17, 15) is 4.79 Å². The monoisotopic (exact) mass is 326 g/mol. The lowest BCUT2D eigenvalue weighted by atomic mass is 9.88. The van der Waals surface area contributed by atoms with E-state index in [1.54, 1.807) is 12.0 Å². The predicted octanol–water partition coefficient (Wildman–Crippen LogP) is 1.88. The van der Waals surface area contributed by atoms with Crippen LogP contribution in [0, 0.1) is 0 Å². The number of rotatable bonds is 3. The second-order valence-electron chi connectivity index (χ2n) is 5.78. The van der Waals surface area contributed by atoms with Crippen molar-refractivity contribution in [2.75, 3.05) is 25.2 Å². The molecule has 2 aliphatic heterocycles. The van der Waals surface area contributed by atoms with E-state index in [0.29, 0.717) is 24.7 Å². The molecule has 0 aliphatic carbocycles. The van der Waals surface area contributed by atoms with Crippen molar-refractivity contribution in [1.82, 2.24) is 0 Å². The van der Waals surface area contributed by atoms with Crippen LogP contribution in [0.25, 0.3) is 0 Å². The van der Waals surface area contributed by atoms with Gasteiger partial charge in [0.2, 0.25) is 5.91 Å². The molecule has 1 amide bonds. The first kappa shape index (κ1) is 14.8. The van der Waals surface area contributed by atoms with Crippen molar-refractivity contribution in [1.29, 1.82) is 0 Å². The Morgan fingerprint density at radius 3 is 2.50 bits per heavy atom. The van der Waals surface area contributed by atoms with E-state index in [1.807, 2.05) is 42.5 Å². The molecule has 2 N–H and O–H groups in total. The summed E-state index contributed by atoms with van der Waals surface area (Å²) in [6.07, 6.45) is 0. The molecular formula is C18H18N2O4. The molecule has 124 valence electrons. The highest BCUT2D eigenvalue weighted by atomic mass is 16.6. The fourth-order valence-electron chi connectivity index (χ4n) is 3.14. The van der Waals surface area contributed by atoms with Gasteiger partial charge in [-0.25, -0.2) is 0 Å². The fourth-order valence-corrected chi connectivity index (χ4v) is 3.14. The Bertz CT molecular complexity index is 775. The molecule has 2 aromatic carbocycles. The number of anilines is 1. The van der Waals surface area contributed by atoms with Gasteiger partial charge in [-0.2, -0.15) is 0 Å². The molecule has 24 heavy (non-hydrogen) atoms. The summed E-state index contributed by atoms with van der Waals surface area (Å²) >= 11 is 0. The molecule has 2 atom stereocenters. The van der Waals surface area contributed by atoms with E-state index < -0.39 is 6.04 Å². The maximum atomic E-state index is 12.3. The number of benzene rings is 2. The zero-order chi connectivity index (χ0) is 16.7. The molecule has 0 saturated carbocycles. The lowest BCUT2D eigenvalue weighted by Gasteiger charge is -2.45. The summed E-state index contributed by atoms with van der Waals surface area (Å²) in [7, 11) is 1.62. The summed E-state index contributed by atoms with van der Waals surface area (Å²) in [6.45, 7) is 1.04. The number of amides is 1. The molecular weight excluding hydrogens is 308 g/mol. The maximum Gasteiger partial charge on any atom is 0.247 e. The highest BCUT2D eigenvalue weighted by Crippen LogP contribution is 2.42. The lowest BCUT2D eigenvalue weighted by molar-refractivity contribution is -0.126. The summed E-state index contributed by atoms with van der Waals surface area (Å²) in [5.74, 6) is 2.01. The van der Waals surface area contributed by atoms with Gasteiger partial charge in [-0.1, -0.05) is 12.1 Å². The number of methoxy groups -OCH3 is 1. The van der Waals surface area contributed by atoms with Crippen molar-refractivity contribution in [3.05, 3.63) is 48.0 Å². The summed E-state index contributed by atoms with van der Waals surface area (Å²) in [5.41, 5.74) is 7.78. The Hall–Kier alpha value is -2.73. The Morgan fingerprint density at radius 1 is 1.08 bits per heavy atom. The molecule has 1 fully saturated rings. The first-order chi connectivity index (χ1) is 11.7. The number of carbonyl (C=O) groups is 1. The molecule has 2 heterocycles. The zero-order valence-corrected chi connectivity index (χ0v) is 13.3. The van der Waals surface area contributed by atoms with Gasteiger partial charge in [-0.15, -0.1) is 0 Å². The van der Waals surface area contributed by atoms with Crippen LogP contribution in [0.4, 0.5) is 5.69 Å². The van der Waals surface area contributed by atoms with Crippen molar-refractivity contribution in [3.63, 3.8) is 0 Å². The molecule has 1 saturated heterocycles. The second kappa shape index (κ2) is 5.72. The minimum absolute atomic E-state index is 0.104. The number of hydrogen-bond donors (Lipinski definition) is 1. The Morgan fingerprint density at radius 2 is 1.79 bits per heavy atom. The van der Waals surface area contributed by atoms with Crippen LogP contribution >= 0.6 is 0 Å². The molecule has 0 radical (unpaired) electrons. The highest BCUT2D eigenvalue weighted by Gasteiger charge is 2.46. The third kappa shape index (κ3) is 2.27. The summed E-state index contributed by atoms with van der Waals surface area (Å²) in [5, 5.41) is 0. The SMILES string of the molecule is COc1ccc(C2C(N)C(=O)N2c2ccc3c(c2)OCCO3)cc1. The first-order valence-corrected chi connectivity index (χ1v) is 7.81. The summed E-state index contributed by atoms with van der Waals surface area (Å²) in [6, 6.07) is 12.4. The molecule has 0 spiro atoms. The highest BCUT2D eigenvalue weighted by molar-refractivity contribution is 6.05. The Balaban J connectivity index is 1.66. The number of ether oxygens (including phenoxy) is 3. The fraction of sp³-hybridized carbons (Fsp3) is 0.278. The van der Waals surface area contributed by atoms with Gasteiger partial charge in [0.05, 0.1) is 13.2 Å². The molecule has 2 aliphatic rings. The minimum atomic E-state index is -0.549. The van der Waals surface area contributed by atoms with Crippen LogP contribution in [-0.4, -0.2) is 32.3 Å². The van der Waals surface area contributed by atoms with Gasteiger partial charge < -0.3 is 24.8 Å². The lowest BCUT2D eigenvalue weighted by Crippen LogP contribution is -2.63. The van der Waals surface area contributed by atoms with E-state index in [0.717, 1.165) is 17.0 Å². The minimum Gasteiger partial charge on any atom is -0.497 e. The van der Waals surface area contributed by atoms with E-state index >= 15 is 0 Å². The number of nitrogens with two attached hydrogens (primary N) is 1. The van der Waals surface area contributed by atoms with Gasteiger partial charge >= 0.3 is 0 Å². The van der Waals surface area contributed by atoms with Gasteiger partial charge in [0.15, 0.2) is 11.5 Å². The van der Waals surface area contributed by atoms with Crippen LogP contribution in [0.3, 0.4) is 0 Å². The zero-order valence-electron chi connectivity index (χ0n) is 13.3. The van der Waals surface area contributed by atoms with Crippen molar-refractivity contribution in [2.45, 2.75) is 12.1 Å². The van der Waals surface area contributed by atoms with Crippen molar-refractivity contribution in [2.24, 2.45) is 5.73 Å². The van der Waals surface area contributed by atoms with Gasteiger partial charge in [0.1, 0.15) is 25.0 Å². The van der Waals surface area contributed by atoms with Crippen LogP contribution in [0.2, 0.25) is 0 Å². The number of hydrogen-bond acceptors (Lipinski definition) is 5. The van der Waals surface area contributed by atoms with Gasteiger partial charge in [-0.05, 0) is 29.8 Å². The van der Waals surface area contributed by atoms with Gasteiger partial charge in [0.25, 0.3) is 0 Å². The molecule has 6 heteroatoms. The van der Waals surface area contributed by atoms with E-state index in [-0.39, 0.29) is 11.9 Å². The average Bonchev–Trinajstić information content (AvgIpc) is 2.65. The number of carbonyl (C=O) groups excluding carboxylic acids is 1. The van der Waals surface area contributed by atoms with Crippen LogP contribution in [-0.2, 0) is 4.79 Å². The first-order valence-electron chi connectivity index (χ1n) is 7.81. The third-order valence-electron chi connectivity index (χ3n) is 4.40. The van der Waals surface area contributed by atoms with Crippen LogP contribution < -0.4 is 24.8 Å². The average molecular weight is 326 g/mol. The summed E-state index contributed by atoms with van der Waals surface area (Å²) in [4.78, 5) is 14.0. The second-order valence-corrected chi connectivity index (χ2v) is 5.78. The topological polar surface area (TPSA) is 74.0 Å².